The Morgan fingerprint density at radius 2 is 2.25 bits per heavy atom. The quantitative estimate of drug-likeness (QED) is 0.855. The van der Waals surface area contributed by atoms with Gasteiger partial charge in [-0.05, 0) is 43.7 Å². The fraction of sp³-hybridized carbons (Fsp3) is 0.615. The molecule has 88 valence electrons. The van der Waals surface area contributed by atoms with Crippen molar-refractivity contribution in [2.45, 2.75) is 46.0 Å². The van der Waals surface area contributed by atoms with Gasteiger partial charge in [0.05, 0.1) is 5.00 Å². The van der Waals surface area contributed by atoms with Crippen LogP contribution < -0.4 is 5.32 Å². The van der Waals surface area contributed by atoms with E-state index >= 15 is 0 Å². The SMILES string of the molecule is CCC(C)C(=O)Nc1cc2c(s1)CCCC2. The maximum atomic E-state index is 11.8. The van der Waals surface area contributed by atoms with Crippen LogP contribution in [0.1, 0.15) is 43.6 Å². The van der Waals surface area contributed by atoms with Gasteiger partial charge in [0.15, 0.2) is 0 Å². The number of carbonyl (C=O) groups excluding carboxylic acids is 1. The van der Waals surface area contributed by atoms with Gasteiger partial charge in [-0.1, -0.05) is 13.8 Å². The molecule has 0 radical (unpaired) electrons. The molecule has 16 heavy (non-hydrogen) atoms. The first-order valence-electron chi connectivity index (χ1n) is 6.13. The summed E-state index contributed by atoms with van der Waals surface area (Å²) < 4.78 is 0. The van der Waals surface area contributed by atoms with Crippen LogP contribution in [0.25, 0.3) is 0 Å². The van der Waals surface area contributed by atoms with Crippen molar-refractivity contribution in [2.75, 3.05) is 5.32 Å². The van der Waals surface area contributed by atoms with E-state index in [1.807, 2.05) is 13.8 Å². The molecule has 1 aliphatic rings. The third-order valence-corrected chi connectivity index (χ3v) is 4.46. The Balaban J connectivity index is 2.05. The maximum Gasteiger partial charge on any atom is 0.227 e. The lowest BCUT2D eigenvalue weighted by Gasteiger charge is -2.08. The van der Waals surface area contributed by atoms with Crippen LogP contribution in [0.2, 0.25) is 0 Å². The predicted molar refractivity (Wildman–Crippen MR) is 69.0 cm³/mol. The van der Waals surface area contributed by atoms with Gasteiger partial charge in [-0.2, -0.15) is 0 Å². The van der Waals surface area contributed by atoms with Crippen LogP contribution in [-0.2, 0) is 17.6 Å². The number of thiophene rings is 1. The fourth-order valence-corrected chi connectivity index (χ4v) is 3.14. The van der Waals surface area contributed by atoms with E-state index in [-0.39, 0.29) is 11.8 Å². The van der Waals surface area contributed by atoms with E-state index in [0.29, 0.717) is 0 Å². The molecule has 1 amide bonds. The van der Waals surface area contributed by atoms with Crippen molar-refractivity contribution in [3.05, 3.63) is 16.5 Å². The second kappa shape index (κ2) is 5.00. The van der Waals surface area contributed by atoms with E-state index < -0.39 is 0 Å². The van der Waals surface area contributed by atoms with Gasteiger partial charge in [0.2, 0.25) is 5.91 Å². The Kier molecular flexibility index (Phi) is 3.64. The van der Waals surface area contributed by atoms with E-state index in [1.54, 1.807) is 11.3 Å². The molecule has 1 N–H and O–H groups in total. The van der Waals surface area contributed by atoms with Gasteiger partial charge < -0.3 is 5.32 Å². The lowest BCUT2D eigenvalue weighted by atomic mass is 9.99. The molecule has 2 rings (SSSR count). The molecule has 0 fully saturated rings. The first kappa shape index (κ1) is 11.6. The summed E-state index contributed by atoms with van der Waals surface area (Å²) in [4.78, 5) is 13.2. The molecule has 1 atom stereocenters. The van der Waals surface area contributed by atoms with Crippen LogP contribution in [0.3, 0.4) is 0 Å². The monoisotopic (exact) mass is 237 g/mol. The summed E-state index contributed by atoms with van der Waals surface area (Å²) in [7, 11) is 0. The van der Waals surface area contributed by atoms with Crippen molar-refractivity contribution in [1.29, 1.82) is 0 Å². The van der Waals surface area contributed by atoms with Crippen LogP contribution in [0.15, 0.2) is 6.07 Å². The number of nitrogens with one attached hydrogen (secondary N) is 1. The zero-order valence-electron chi connectivity index (χ0n) is 10.0. The lowest BCUT2D eigenvalue weighted by molar-refractivity contribution is -0.119. The minimum absolute atomic E-state index is 0.110. The Morgan fingerprint density at radius 1 is 1.50 bits per heavy atom. The van der Waals surface area contributed by atoms with E-state index in [4.69, 9.17) is 0 Å². The molecule has 0 aliphatic heterocycles. The average Bonchev–Trinajstić information content (AvgIpc) is 2.69. The number of hydrogen-bond acceptors (Lipinski definition) is 2. The fourth-order valence-electron chi connectivity index (χ4n) is 1.98. The minimum Gasteiger partial charge on any atom is -0.317 e. The second-order valence-corrected chi connectivity index (χ2v) is 5.70. The summed E-state index contributed by atoms with van der Waals surface area (Å²) in [6.45, 7) is 4.02. The van der Waals surface area contributed by atoms with Crippen LogP contribution >= 0.6 is 11.3 Å². The number of amides is 1. The second-order valence-electron chi connectivity index (χ2n) is 4.56. The number of anilines is 1. The van der Waals surface area contributed by atoms with Crippen molar-refractivity contribution in [1.82, 2.24) is 0 Å². The minimum atomic E-state index is 0.110. The third-order valence-electron chi connectivity index (χ3n) is 3.30. The van der Waals surface area contributed by atoms with E-state index in [9.17, 15) is 4.79 Å². The molecule has 1 unspecified atom stereocenters. The normalized spacial score (nSPS) is 16.6. The molecular weight excluding hydrogens is 218 g/mol. The standard InChI is InChI=1S/C13H19NOS/c1-3-9(2)13(15)14-12-8-10-6-4-5-7-11(10)16-12/h8-9H,3-7H2,1-2H3,(H,14,15). The van der Waals surface area contributed by atoms with E-state index in [0.717, 1.165) is 11.4 Å². The maximum absolute atomic E-state index is 11.8. The molecule has 1 aromatic rings. The van der Waals surface area contributed by atoms with Crippen molar-refractivity contribution >= 4 is 22.2 Å². The highest BCUT2D eigenvalue weighted by molar-refractivity contribution is 7.16. The Labute approximate surface area is 101 Å². The molecule has 0 aromatic carbocycles. The summed E-state index contributed by atoms with van der Waals surface area (Å²) >= 11 is 1.76. The topological polar surface area (TPSA) is 29.1 Å². The summed E-state index contributed by atoms with van der Waals surface area (Å²) in [6.07, 6.45) is 5.87. The Morgan fingerprint density at radius 3 is 2.94 bits per heavy atom. The third kappa shape index (κ3) is 2.46. The van der Waals surface area contributed by atoms with Crippen LogP contribution in [0.5, 0.6) is 0 Å². The van der Waals surface area contributed by atoms with Gasteiger partial charge in [-0.3, -0.25) is 4.79 Å². The molecule has 0 saturated carbocycles. The van der Waals surface area contributed by atoms with Gasteiger partial charge in [-0.15, -0.1) is 11.3 Å². The van der Waals surface area contributed by atoms with Crippen molar-refractivity contribution in [3.8, 4) is 0 Å². The highest BCUT2D eigenvalue weighted by Gasteiger charge is 2.16. The molecule has 1 heterocycles. The first-order chi connectivity index (χ1) is 7.70. The van der Waals surface area contributed by atoms with Crippen LogP contribution in [-0.4, -0.2) is 5.91 Å². The lowest BCUT2D eigenvalue weighted by Crippen LogP contribution is -2.18. The Hall–Kier alpha value is -0.830. The molecular formula is C13H19NOS. The first-order valence-corrected chi connectivity index (χ1v) is 6.94. The van der Waals surface area contributed by atoms with Gasteiger partial charge in [0.25, 0.3) is 0 Å². The smallest absolute Gasteiger partial charge is 0.227 e. The molecule has 1 aliphatic carbocycles. The van der Waals surface area contributed by atoms with Crippen molar-refractivity contribution < 1.29 is 4.79 Å². The number of hydrogen-bond donors (Lipinski definition) is 1. The number of aryl methyl sites for hydroxylation is 2. The summed E-state index contributed by atoms with van der Waals surface area (Å²) in [5.41, 5.74) is 1.45. The summed E-state index contributed by atoms with van der Waals surface area (Å²) in [6, 6.07) is 2.17. The van der Waals surface area contributed by atoms with E-state index in [2.05, 4.69) is 11.4 Å². The van der Waals surface area contributed by atoms with Crippen molar-refractivity contribution in [2.24, 2.45) is 5.92 Å². The van der Waals surface area contributed by atoms with Gasteiger partial charge in [-0.25, -0.2) is 0 Å². The largest absolute Gasteiger partial charge is 0.317 e. The molecule has 0 saturated heterocycles. The molecule has 1 aromatic heterocycles. The van der Waals surface area contributed by atoms with Crippen molar-refractivity contribution in [3.63, 3.8) is 0 Å². The summed E-state index contributed by atoms with van der Waals surface area (Å²) in [5.74, 6) is 0.264. The molecule has 2 nitrogen and oxygen atoms in total. The molecule has 0 bridgehead atoms. The van der Waals surface area contributed by atoms with E-state index in [1.165, 1.54) is 36.1 Å². The van der Waals surface area contributed by atoms with Crippen LogP contribution in [0.4, 0.5) is 5.00 Å². The zero-order chi connectivity index (χ0) is 11.5. The number of fused-ring (bicyclic) bond motifs is 1. The number of rotatable bonds is 3. The highest BCUT2D eigenvalue weighted by Crippen LogP contribution is 2.33. The number of carbonyl (C=O) groups is 1. The highest BCUT2D eigenvalue weighted by atomic mass is 32.1. The average molecular weight is 237 g/mol. The van der Waals surface area contributed by atoms with Gasteiger partial charge in [0, 0.05) is 10.8 Å². The van der Waals surface area contributed by atoms with Gasteiger partial charge >= 0.3 is 0 Å². The molecule has 3 heteroatoms. The zero-order valence-corrected chi connectivity index (χ0v) is 10.8. The predicted octanol–water partition coefficient (Wildman–Crippen LogP) is 3.61. The molecule has 0 spiro atoms. The Bertz CT molecular complexity index is 360. The summed E-state index contributed by atoms with van der Waals surface area (Å²) in [5, 5.41) is 4.07. The van der Waals surface area contributed by atoms with Gasteiger partial charge in [0.1, 0.15) is 0 Å². The van der Waals surface area contributed by atoms with Crippen LogP contribution in [0, 0.1) is 5.92 Å².